The molecule has 2 aromatic rings. The van der Waals surface area contributed by atoms with Crippen molar-refractivity contribution in [1.82, 2.24) is 15.3 Å². The van der Waals surface area contributed by atoms with E-state index in [0.29, 0.717) is 12.0 Å². The van der Waals surface area contributed by atoms with Crippen LogP contribution in [0.15, 0.2) is 42.6 Å². The zero-order chi connectivity index (χ0) is 14.4. The highest BCUT2D eigenvalue weighted by molar-refractivity contribution is 5.19. The quantitative estimate of drug-likeness (QED) is 0.869. The van der Waals surface area contributed by atoms with Gasteiger partial charge in [-0.1, -0.05) is 44.2 Å². The van der Waals surface area contributed by atoms with Crippen LogP contribution in [0.4, 0.5) is 0 Å². The molecule has 106 valence electrons. The highest BCUT2D eigenvalue weighted by Gasteiger charge is 2.12. The van der Waals surface area contributed by atoms with Crippen LogP contribution in [0.3, 0.4) is 0 Å². The fraction of sp³-hybridized carbons (Fsp3) is 0.412. The molecule has 0 aliphatic rings. The van der Waals surface area contributed by atoms with Gasteiger partial charge in [-0.15, -0.1) is 0 Å². The molecule has 3 heteroatoms. The average molecular weight is 269 g/mol. The predicted octanol–water partition coefficient (Wildman–Crippen LogP) is 3.66. The summed E-state index contributed by atoms with van der Waals surface area (Å²) < 4.78 is 0. The topological polar surface area (TPSA) is 37.8 Å². The maximum atomic E-state index is 4.44. The van der Waals surface area contributed by atoms with Gasteiger partial charge in [-0.05, 0) is 30.9 Å². The highest BCUT2D eigenvalue weighted by atomic mass is 15.0. The number of benzene rings is 1. The first-order valence-corrected chi connectivity index (χ1v) is 7.22. The van der Waals surface area contributed by atoms with E-state index >= 15 is 0 Å². The third kappa shape index (κ3) is 4.42. The van der Waals surface area contributed by atoms with Crippen molar-refractivity contribution in [3.8, 4) is 0 Å². The molecule has 3 nitrogen and oxygen atoms in total. The van der Waals surface area contributed by atoms with Crippen molar-refractivity contribution in [2.24, 2.45) is 5.92 Å². The Labute approximate surface area is 121 Å². The summed E-state index contributed by atoms with van der Waals surface area (Å²) in [5, 5.41) is 3.62. The van der Waals surface area contributed by atoms with Gasteiger partial charge in [0.05, 0.1) is 5.69 Å². The van der Waals surface area contributed by atoms with Crippen molar-refractivity contribution < 1.29 is 0 Å². The molecule has 0 fully saturated rings. The lowest BCUT2D eigenvalue weighted by atomic mass is 9.97. The van der Waals surface area contributed by atoms with Gasteiger partial charge in [0.2, 0.25) is 0 Å². The first kappa shape index (κ1) is 14.7. The Morgan fingerprint density at radius 1 is 1.10 bits per heavy atom. The zero-order valence-electron chi connectivity index (χ0n) is 12.5. The number of hydrogen-bond donors (Lipinski definition) is 1. The maximum absolute atomic E-state index is 4.44. The number of aryl methyl sites for hydroxylation is 1. The van der Waals surface area contributed by atoms with Crippen molar-refractivity contribution in [3.05, 3.63) is 59.7 Å². The molecule has 1 unspecified atom stereocenters. The summed E-state index contributed by atoms with van der Waals surface area (Å²) in [6.07, 6.45) is 2.94. The first-order chi connectivity index (χ1) is 9.65. The second kappa shape index (κ2) is 7.15. The molecule has 0 bridgehead atoms. The van der Waals surface area contributed by atoms with Crippen molar-refractivity contribution in [3.63, 3.8) is 0 Å². The van der Waals surface area contributed by atoms with Gasteiger partial charge >= 0.3 is 0 Å². The SMILES string of the molecule is Cc1nccc(CNC(CC(C)C)c2ccccc2)n1. The number of nitrogens with one attached hydrogen (secondary N) is 1. The Hall–Kier alpha value is -1.74. The Morgan fingerprint density at radius 3 is 2.50 bits per heavy atom. The third-order valence-corrected chi connectivity index (χ3v) is 3.27. The zero-order valence-corrected chi connectivity index (χ0v) is 12.5. The van der Waals surface area contributed by atoms with Gasteiger partial charge in [-0.25, -0.2) is 9.97 Å². The van der Waals surface area contributed by atoms with E-state index in [9.17, 15) is 0 Å². The molecule has 0 amide bonds. The summed E-state index contributed by atoms with van der Waals surface area (Å²) in [4.78, 5) is 8.58. The summed E-state index contributed by atoms with van der Waals surface area (Å²) in [6.45, 7) is 7.21. The first-order valence-electron chi connectivity index (χ1n) is 7.22. The van der Waals surface area contributed by atoms with E-state index in [0.717, 1.165) is 24.5 Å². The lowest BCUT2D eigenvalue weighted by Crippen LogP contribution is -2.23. The maximum Gasteiger partial charge on any atom is 0.125 e. The van der Waals surface area contributed by atoms with E-state index < -0.39 is 0 Å². The normalized spacial score (nSPS) is 12.6. The van der Waals surface area contributed by atoms with E-state index in [1.807, 2.05) is 19.2 Å². The van der Waals surface area contributed by atoms with Gasteiger partial charge in [0.25, 0.3) is 0 Å². The van der Waals surface area contributed by atoms with Crippen LogP contribution in [0.5, 0.6) is 0 Å². The van der Waals surface area contributed by atoms with Crippen LogP contribution >= 0.6 is 0 Å². The highest BCUT2D eigenvalue weighted by Crippen LogP contribution is 2.21. The van der Waals surface area contributed by atoms with Crippen LogP contribution in [-0.2, 0) is 6.54 Å². The van der Waals surface area contributed by atoms with Crippen molar-refractivity contribution >= 4 is 0 Å². The fourth-order valence-corrected chi connectivity index (χ4v) is 2.33. The van der Waals surface area contributed by atoms with E-state index in [-0.39, 0.29) is 0 Å². The Kier molecular flexibility index (Phi) is 5.24. The van der Waals surface area contributed by atoms with E-state index in [1.165, 1.54) is 5.56 Å². The molecule has 1 heterocycles. The van der Waals surface area contributed by atoms with Gasteiger partial charge in [0.15, 0.2) is 0 Å². The second-order valence-corrected chi connectivity index (χ2v) is 5.57. The van der Waals surface area contributed by atoms with Gasteiger partial charge in [-0.2, -0.15) is 0 Å². The Bertz CT molecular complexity index is 523. The molecule has 0 spiro atoms. The van der Waals surface area contributed by atoms with E-state index in [4.69, 9.17) is 0 Å². The predicted molar refractivity (Wildman–Crippen MR) is 82.2 cm³/mol. The lowest BCUT2D eigenvalue weighted by molar-refractivity contribution is 0.426. The molecule has 1 aromatic carbocycles. The average Bonchev–Trinajstić information content (AvgIpc) is 2.44. The summed E-state index contributed by atoms with van der Waals surface area (Å²) in [5.74, 6) is 1.48. The smallest absolute Gasteiger partial charge is 0.125 e. The van der Waals surface area contributed by atoms with E-state index in [2.05, 4.69) is 59.5 Å². The van der Waals surface area contributed by atoms with Crippen LogP contribution in [0, 0.1) is 12.8 Å². The van der Waals surface area contributed by atoms with Crippen LogP contribution in [0.25, 0.3) is 0 Å². The van der Waals surface area contributed by atoms with Gasteiger partial charge < -0.3 is 5.32 Å². The largest absolute Gasteiger partial charge is 0.304 e. The van der Waals surface area contributed by atoms with Crippen LogP contribution < -0.4 is 5.32 Å². The van der Waals surface area contributed by atoms with Gasteiger partial charge in [-0.3, -0.25) is 0 Å². The lowest BCUT2D eigenvalue weighted by Gasteiger charge is -2.21. The summed E-state index contributed by atoms with van der Waals surface area (Å²) in [7, 11) is 0. The molecule has 0 aliphatic carbocycles. The number of rotatable bonds is 6. The molecule has 0 saturated heterocycles. The molecule has 20 heavy (non-hydrogen) atoms. The monoisotopic (exact) mass is 269 g/mol. The molecule has 0 radical (unpaired) electrons. The minimum Gasteiger partial charge on any atom is -0.304 e. The standard InChI is InChI=1S/C17H23N3/c1-13(2)11-17(15-7-5-4-6-8-15)19-12-16-9-10-18-14(3)20-16/h4-10,13,17,19H,11-12H2,1-3H3. The summed E-state index contributed by atoms with van der Waals surface area (Å²) >= 11 is 0. The van der Waals surface area contributed by atoms with Crippen molar-refractivity contribution in [1.29, 1.82) is 0 Å². The molecule has 2 rings (SSSR count). The summed E-state index contributed by atoms with van der Waals surface area (Å²) in [5.41, 5.74) is 2.38. The minimum absolute atomic E-state index is 0.367. The van der Waals surface area contributed by atoms with Gasteiger partial charge in [0, 0.05) is 18.8 Å². The number of aromatic nitrogens is 2. The summed E-state index contributed by atoms with van der Waals surface area (Å²) in [6, 6.07) is 13.0. The molecule has 1 atom stereocenters. The van der Waals surface area contributed by atoms with Crippen molar-refractivity contribution in [2.75, 3.05) is 0 Å². The number of nitrogens with zero attached hydrogens (tertiary/aromatic N) is 2. The number of hydrogen-bond acceptors (Lipinski definition) is 3. The van der Waals surface area contributed by atoms with E-state index in [1.54, 1.807) is 0 Å². The molecular formula is C17H23N3. The van der Waals surface area contributed by atoms with Crippen LogP contribution in [0.1, 0.15) is 43.4 Å². The molecular weight excluding hydrogens is 246 g/mol. The fourth-order valence-electron chi connectivity index (χ4n) is 2.33. The molecule has 1 N–H and O–H groups in total. The third-order valence-electron chi connectivity index (χ3n) is 3.27. The Balaban J connectivity index is 2.05. The second-order valence-electron chi connectivity index (χ2n) is 5.57. The Morgan fingerprint density at radius 2 is 1.85 bits per heavy atom. The van der Waals surface area contributed by atoms with Crippen molar-refractivity contribution in [2.45, 2.75) is 39.8 Å². The molecule has 0 aliphatic heterocycles. The van der Waals surface area contributed by atoms with Crippen LogP contribution in [-0.4, -0.2) is 9.97 Å². The molecule has 1 aromatic heterocycles. The minimum atomic E-state index is 0.367. The molecule has 0 saturated carbocycles. The van der Waals surface area contributed by atoms with Crippen LogP contribution in [0.2, 0.25) is 0 Å². The van der Waals surface area contributed by atoms with Gasteiger partial charge in [0.1, 0.15) is 5.82 Å².